The minimum atomic E-state index is -5.76. The Morgan fingerprint density at radius 1 is 0.464 bits per heavy atom. The van der Waals surface area contributed by atoms with Crippen molar-refractivity contribution in [1.29, 1.82) is 0 Å². The number of fused-ring (bicyclic) bond motifs is 6. The topological polar surface area (TPSA) is 784 Å². The molecule has 0 spiro atoms. The van der Waals surface area contributed by atoms with E-state index in [-0.39, 0.29) is 165 Å². The zero-order valence-corrected chi connectivity index (χ0v) is 76.4. The highest BCUT2D eigenvalue weighted by Crippen LogP contribution is 2.68. The Hall–Kier alpha value is -12.7. The van der Waals surface area contributed by atoms with E-state index in [0.717, 1.165) is 0 Å². The Morgan fingerprint density at radius 2 is 0.877 bits per heavy atom. The molecular weight excluding hydrogens is 1950 g/mol. The minimum Gasteiger partial charge on any atom is -0.508 e. The van der Waals surface area contributed by atoms with Gasteiger partial charge < -0.3 is 130 Å². The Bertz CT molecular complexity index is 7280. The van der Waals surface area contributed by atoms with Gasteiger partial charge in [0.05, 0.1) is 71.5 Å². The highest BCUT2D eigenvalue weighted by atomic mass is 31.3. The summed E-state index contributed by atoms with van der Waals surface area (Å²) in [5.41, 5.74) is 15.3. The van der Waals surface area contributed by atoms with Gasteiger partial charge in [0.25, 0.3) is 11.8 Å². The summed E-state index contributed by atoms with van der Waals surface area (Å²) in [4.78, 5) is 191. The van der Waals surface area contributed by atoms with Crippen LogP contribution in [0.3, 0.4) is 0 Å². The van der Waals surface area contributed by atoms with Crippen molar-refractivity contribution < 1.29 is 171 Å². The van der Waals surface area contributed by atoms with Gasteiger partial charge in [0.1, 0.15) is 94.4 Å². The molecule has 22 N–H and O–H groups in total. The van der Waals surface area contributed by atoms with Crippen LogP contribution in [0.4, 0.5) is 11.6 Å². The second-order valence-electron chi connectivity index (χ2n) is 30.5. The van der Waals surface area contributed by atoms with Crippen molar-refractivity contribution in [2.75, 3.05) is 50.9 Å². The number of aromatic nitrogens is 6. The molecule has 6 aliphatic rings. The van der Waals surface area contributed by atoms with Crippen molar-refractivity contribution in [1.82, 2.24) is 50.3 Å². The number of hydrogen-bond acceptors (Lipinski definition) is 34. The fourth-order valence-electron chi connectivity index (χ4n) is 14.8. The number of ether oxygens (including phenoxy) is 2. The Balaban J connectivity index is 0.000000233. The molecule has 56 heteroatoms. The largest absolute Gasteiger partial charge is 0.508 e. The van der Waals surface area contributed by atoms with Gasteiger partial charge in [0, 0.05) is 120 Å². The van der Waals surface area contributed by atoms with Crippen molar-refractivity contribution in [3.63, 3.8) is 0 Å². The third kappa shape index (κ3) is 26.2. The van der Waals surface area contributed by atoms with Gasteiger partial charge in [-0.1, -0.05) is 42.6 Å². The second-order valence-corrected chi connectivity index (χ2v) is 39.3. The molecule has 50 nitrogen and oxygen atoms in total. The van der Waals surface area contributed by atoms with E-state index in [4.69, 9.17) is 49.3 Å². The van der Waals surface area contributed by atoms with E-state index in [0.29, 0.717) is 93.5 Å². The number of rotatable bonds is 36. The van der Waals surface area contributed by atoms with E-state index in [2.05, 4.69) is 91.2 Å². The number of aliphatic hydroxyl groups is 2. The first-order chi connectivity index (χ1) is 65.2. The smallest absolute Gasteiger partial charge is 0.490 e. The number of hydrogen-bond donors (Lipinski definition) is 20. The predicted molar refractivity (Wildman–Crippen MR) is 480 cm³/mol. The van der Waals surface area contributed by atoms with Crippen molar-refractivity contribution in [3.05, 3.63) is 188 Å². The van der Waals surface area contributed by atoms with E-state index in [1.165, 1.54) is 131 Å². The summed E-state index contributed by atoms with van der Waals surface area (Å²) in [6.07, 6.45) is 1.19. The van der Waals surface area contributed by atoms with Gasteiger partial charge in [-0.2, -0.15) is 17.2 Å². The Kier molecular flexibility index (Phi) is 32.1. The molecule has 0 saturated carbocycles. The number of carbonyl (C=O) groups excluding carboxylic acids is 4. The summed E-state index contributed by atoms with van der Waals surface area (Å²) in [7, 11) is -33.7. The number of amides is 4. The third-order valence-electron chi connectivity index (χ3n) is 20.8. The molecule has 2 aliphatic carbocycles. The van der Waals surface area contributed by atoms with Crippen LogP contribution in [0, 0.1) is 23.7 Å². The maximum Gasteiger partial charge on any atom is 0.490 e. The molecule has 8 heterocycles. The summed E-state index contributed by atoms with van der Waals surface area (Å²) >= 11 is 0. The maximum absolute atomic E-state index is 13.3. The van der Waals surface area contributed by atoms with Gasteiger partial charge in [-0.15, -0.1) is 0 Å². The number of phenols is 2. The minimum absolute atomic E-state index is 0.0427. The third-order valence-corrected chi connectivity index (χ3v) is 28.4. The van der Waals surface area contributed by atoms with Crippen LogP contribution < -0.4 is 43.6 Å². The number of unbranched alkanes of at least 4 members (excludes halogenated alkanes) is 4. The van der Waals surface area contributed by atoms with Gasteiger partial charge >= 0.3 is 58.9 Å². The molecule has 4 aromatic carbocycles. The predicted octanol–water partition coefficient (Wildman–Crippen LogP) is 7.49. The molecule has 4 aromatic heterocycles. The quantitative estimate of drug-likeness (QED) is 0.00782. The summed E-state index contributed by atoms with van der Waals surface area (Å²) in [5.74, 6) is 7.54. The van der Waals surface area contributed by atoms with Gasteiger partial charge in [0.2, 0.25) is 11.8 Å². The molecule has 728 valence electrons. The lowest BCUT2D eigenvalue weighted by Gasteiger charge is -2.19. The molecule has 4 aliphatic heterocycles. The van der Waals surface area contributed by atoms with Gasteiger partial charge in [0.15, 0.2) is 10.9 Å². The number of carboxylic acid groups (broad SMARTS) is 2. The second kappa shape index (κ2) is 43.1. The SMILES string of the molecule is Nc1ncnc2c1c(C#CCNC(=O)CCCCCNC(=O)c1ccc(-c3c4ccc(=O)cc-4oc4cc(O)ccc34)c(C(=O)O)c1)cn2[C@H]1C[C@H](O)[C@@H](COP(=O)(O)OP(=O)(O)OP(=O)(O)O)O1.Nc1ncnc2c1c(C#CCNC(=O)CCCCCNC(=O)c1ccc(C(=O)O)c(-c3c4ccc(=O)cc-4oc4cc(O)ccc34)c1)cn2[C@H]1C[C@H](O)[C@@H](COP(=O)(O)OP(=O)(O)OP(=O)(O)O)O1. The first kappa shape index (κ1) is 103. The molecule has 14 rings (SSSR count). The molecule has 0 radical (unpaired) electrons. The van der Waals surface area contributed by atoms with Crippen LogP contribution in [0.15, 0.2) is 153 Å². The number of benzene rings is 6. The van der Waals surface area contributed by atoms with Crippen molar-refractivity contribution in [2.45, 2.75) is 101 Å². The highest BCUT2D eigenvalue weighted by Gasteiger charge is 2.46. The van der Waals surface area contributed by atoms with Crippen molar-refractivity contribution in [3.8, 4) is 80.1 Å². The fourth-order valence-corrected chi connectivity index (χ4v) is 20.9. The van der Waals surface area contributed by atoms with Crippen LogP contribution in [0.2, 0.25) is 0 Å². The molecule has 10 atom stereocenters. The number of carboxylic acids is 2. The molecule has 8 aromatic rings. The molecular formula is C82H82N12O38P6. The van der Waals surface area contributed by atoms with E-state index < -0.39 is 121 Å². The first-order valence-electron chi connectivity index (χ1n) is 40.8. The molecule has 4 unspecified atom stereocenters. The Morgan fingerprint density at radius 3 is 1.30 bits per heavy atom. The maximum atomic E-state index is 13.3. The summed E-state index contributed by atoms with van der Waals surface area (Å²) in [6, 6.07) is 25.3. The molecule has 0 bridgehead atoms. The number of aliphatic hydroxyl groups excluding tert-OH is 2. The van der Waals surface area contributed by atoms with Crippen LogP contribution in [0.5, 0.6) is 11.5 Å². The number of anilines is 2. The van der Waals surface area contributed by atoms with Gasteiger partial charge in [-0.3, -0.25) is 37.8 Å². The monoisotopic (exact) mass is 2030 g/mol. The van der Waals surface area contributed by atoms with Crippen molar-refractivity contribution >= 4 is 138 Å². The number of phosphoric acid groups is 6. The number of phosphoric ester groups is 2. The number of nitrogens with two attached hydrogens (primary N) is 2. The number of aromatic carboxylic acids is 2. The highest BCUT2D eigenvalue weighted by molar-refractivity contribution is 7.67. The van der Waals surface area contributed by atoms with E-state index >= 15 is 0 Å². The van der Waals surface area contributed by atoms with Crippen molar-refractivity contribution in [2.24, 2.45) is 0 Å². The summed E-state index contributed by atoms with van der Waals surface area (Å²) in [5, 5.41) is 74.3. The summed E-state index contributed by atoms with van der Waals surface area (Å²) < 4.78 is 120. The molecule has 4 amide bonds. The fraction of sp³-hybridized carbons (Fsp3) is 0.268. The van der Waals surface area contributed by atoms with Gasteiger partial charge in [-0.25, -0.2) is 56.9 Å². The van der Waals surface area contributed by atoms with E-state index in [1.54, 1.807) is 12.1 Å². The lowest BCUT2D eigenvalue weighted by Crippen LogP contribution is -2.26. The average Bonchev–Trinajstić information content (AvgIpc) is 1.02. The normalized spacial score (nSPS) is 17.8. The van der Waals surface area contributed by atoms with Crippen LogP contribution in [-0.4, -0.2) is 198 Å². The molecule has 2 fully saturated rings. The zero-order valence-electron chi connectivity index (χ0n) is 71.1. The summed E-state index contributed by atoms with van der Waals surface area (Å²) in [6.45, 7) is -1.42. The molecule has 2 saturated heterocycles. The lowest BCUT2D eigenvalue weighted by molar-refractivity contribution is -0.121. The van der Waals surface area contributed by atoms with E-state index in [9.17, 15) is 116 Å². The number of nitrogen functional groups attached to an aromatic ring is 2. The van der Waals surface area contributed by atoms with Crippen LogP contribution in [-0.2, 0) is 72.7 Å². The number of carbonyl (C=O) groups is 6. The van der Waals surface area contributed by atoms with Crippen LogP contribution in [0.25, 0.3) is 88.9 Å². The van der Waals surface area contributed by atoms with Crippen LogP contribution >= 0.6 is 46.9 Å². The first-order valence-corrected chi connectivity index (χ1v) is 49.9. The Labute approximate surface area is 775 Å². The van der Waals surface area contributed by atoms with E-state index in [1.807, 2.05) is 0 Å². The zero-order chi connectivity index (χ0) is 99.7. The lowest BCUT2D eigenvalue weighted by atomic mass is 9.89. The molecule has 138 heavy (non-hydrogen) atoms. The number of nitrogens with one attached hydrogen (secondary N) is 4. The number of nitrogens with zero attached hydrogens (tertiary/aromatic N) is 6. The van der Waals surface area contributed by atoms with Crippen LogP contribution in [0.1, 0.15) is 129 Å². The van der Waals surface area contributed by atoms with Gasteiger partial charge in [-0.05, 0) is 116 Å². The number of phenolic OH excluding ortho intramolecular Hbond substituents is 2. The average molecular weight is 2030 g/mol. The standard InChI is InChI=1S/2C41H41N6O19P3/c42-38-36-23(19-47(39(36)46-21-45-38)35-18-30(50)33(64-35)20-62-68(58,59)66-69(60,61)65-67(55,56)57)5-4-14-43-34(51)6-2-1-3-13-44-40(52)22-7-10-26(41(53)54)29(15-22)37-27-11-8-24(48)16-31(27)63-32-17-25(49)9-12-28(32)37;42-38-36-23(19-47(39(36)46-21-45-38)35-18-30(50)33(64-35)20-62-68(58,59)66-69(60,61)65-67(55,56)57)5-4-14-43-34(51)6-2-1-3-13-44-40(52)22-7-10-26(29(15-22)41(53)54)37-27-11-8-24(48)16-31(27)63-32-17-25(49)9-12-28(32)37/h2*7-12,15-17,19,21,30,33,35,48,50H,1-3,6,13-14,18,20H2,(H,43,51)(H,44,52)(H,53,54)(H,58,59)(H,60,61)(H2,42,45,46)(H2,55,56,57)/t2*30-,33+,35+/m00/s1. The number of aromatic hydroxyl groups is 2.